The molecule has 1 unspecified atom stereocenters. The van der Waals surface area contributed by atoms with E-state index in [1.165, 1.54) is 30.6 Å². The molecule has 2 aromatic rings. The first-order chi connectivity index (χ1) is 16.1. The van der Waals surface area contributed by atoms with Crippen LogP contribution >= 0.6 is 0 Å². The second-order valence-electron chi connectivity index (χ2n) is 8.94. The third-order valence-corrected chi connectivity index (χ3v) is 6.75. The quantitative estimate of drug-likeness (QED) is 0.603. The molecule has 3 aliphatic rings. The van der Waals surface area contributed by atoms with Gasteiger partial charge in [-0.15, -0.1) is 0 Å². The number of nitrogens with one attached hydrogen (secondary N) is 1. The number of ether oxygens (including phenoxy) is 3. The van der Waals surface area contributed by atoms with E-state index in [0.717, 1.165) is 25.8 Å². The molecule has 0 bridgehead atoms. The van der Waals surface area contributed by atoms with Gasteiger partial charge in [0.25, 0.3) is 11.8 Å². The van der Waals surface area contributed by atoms with Crippen molar-refractivity contribution in [2.75, 3.05) is 25.2 Å². The summed E-state index contributed by atoms with van der Waals surface area (Å²) in [6, 6.07) is 10.8. The van der Waals surface area contributed by atoms with Gasteiger partial charge in [-0.05, 0) is 81.8 Å². The summed E-state index contributed by atoms with van der Waals surface area (Å²) in [4.78, 5) is 27.4. The fourth-order valence-electron chi connectivity index (χ4n) is 4.96. The van der Waals surface area contributed by atoms with Crippen molar-refractivity contribution < 1.29 is 23.8 Å². The van der Waals surface area contributed by atoms with Crippen molar-refractivity contribution >= 4 is 17.5 Å². The van der Waals surface area contributed by atoms with E-state index >= 15 is 0 Å². The number of carbonyl (C=O) groups excluding carboxylic acids is 2. The number of benzene rings is 2. The molecule has 174 valence electrons. The van der Waals surface area contributed by atoms with Crippen LogP contribution in [0.15, 0.2) is 36.4 Å². The van der Waals surface area contributed by atoms with Crippen LogP contribution in [0.2, 0.25) is 0 Å². The molecular formula is C26H30N2O5. The molecule has 1 atom stereocenters. The Morgan fingerprint density at radius 2 is 1.76 bits per heavy atom. The highest BCUT2D eigenvalue weighted by molar-refractivity contribution is 6.34. The predicted molar refractivity (Wildman–Crippen MR) is 125 cm³/mol. The Balaban J connectivity index is 1.31. The maximum atomic E-state index is 13.2. The molecule has 1 N–H and O–H groups in total. The van der Waals surface area contributed by atoms with Gasteiger partial charge in [-0.25, -0.2) is 4.90 Å². The predicted octanol–water partition coefficient (Wildman–Crippen LogP) is 4.34. The van der Waals surface area contributed by atoms with Crippen LogP contribution in [-0.2, 0) is 0 Å². The van der Waals surface area contributed by atoms with Crippen LogP contribution in [0.5, 0.6) is 17.2 Å². The van der Waals surface area contributed by atoms with Gasteiger partial charge < -0.3 is 19.5 Å². The molecule has 2 fully saturated rings. The normalized spacial score (nSPS) is 20.4. The number of fused-ring (bicyclic) bond motifs is 1. The maximum Gasteiger partial charge on any atom is 0.266 e. The van der Waals surface area contributed by atoms with Crippen molar-refractivity contribution in [3.8, 4) is 17.2 Å². The number of anilines is 1. The molecule has 7 nitrogen and oxygen atoms in total. The summed E-state index contributed by atoms with van der Waals surface area (Å²) in [5.74, 6) is 1.04. The van der Waals surface area contributed by atoms with Crippen molar-refractivity contribution in [1.82, 2.24) is 5.32 Å². The lowest BCUT2D eigenvalue weighted by Gasteiger charge is -2.18. The molecule has 7 heteroatoms. The number of imide groups is 1. The number of carbonyl (C=O) groups is 2. The van der Waals surface area contributed by atoms with Crippen LogP contribution in [0.1, 0.15) is 65.7 Å². The van der Waals surface area contributed by atoms with Crippen LogP contribution < -0.4 is 24.4 Å². The molecular weight excluding hydrogens is 420 g/mol. The van der Waals surface area contributed by atoms with Gasteiger partial charge in [0.05, 0.1) is 36.6 Å². The van der Waals surface area contributed by atoms with Crippen LogP contribution in [0.25, 0.3) is 0 Å². The average molecular weight is 451 g/mol. The van der Waals surface area contributed by atoms with Crippen LogP contribution in [0.3, 0.4) is 0 Å². The SMILES string of the molecule is COc1cc(N2C(=O)c3ccc(OC4CCCC4)cc3C2=O)ccc1OCCC1CCCN1. The van der Waals surface area contributed by atoms with Gasteiger partial charge in [0.2, 0.25) is 0 Å². The van der Waals surface area contributed by atoms with Gasteiger partial charge in [-0.2, -0.15) is 0 Å². The van der Waals surface area contributed by atoms with Gasteiger partial charge in [-0.1, -0.05) is 0 Å². The molecule has 2 aliphatic heterocycles. The minimum Gasteiger partial charge on any atom is -0.493 e. The third-order valence-electron chi connectivity index (χ3n) is 6.75. The standard InChI is InChI=1S/C26H30N2O5/c1-31-24-15-18(8-11-23(24)32-14-12-17-5-4-13-27-17)28-25(29)21-10-9-20(16-22(21)26(28)30)33-19-6-2-3-7-19/h8-11,15-17,19,27H,2-7,12-14H2,1H3. The van der Waals surface area contributed by atoms with Crippen molar-refractivity contribution in [3.63, 3.8) is 0 Å². The van der Waals surface area contributed by atoms with E-state index in [-0.39, 0.29) is 17.9 Å². The molecule has 5 rings (SSSR count). The summed E-state index contributed by atoms with van der Waals surface area (Å²) in [6.07, 6.45) is 7.88. The Kier molecular flexibility index (Phi) is 6.22. The summed E-state index contributed by atoms with van der Waals surface area (Å²) in [5, 5.41) is 3.46. The first kappa shape index (κ1) is 21.8. The van der Waals surface area contributed by atoms with E-state index in [9.17, 15) is 9.59 Å². The Morgan fingerprint density at radius 3 is 2.52 bits per heavy atom. The van der Waals surface area contributed by atoms with Gasteiger partial charge in [0.15, 0.2) is 11.5 Å². The summed E-state index contributed by atoms with van der Waals surface area (Å²) in [5.41, 5.74) is 1.22. The third kappa shape index (κ3) is 4.42. The minimum atomic E-state index is -0.352. The van der Waals surface area contributed by atoms with Gasteiger partial charge in [0.1, 0.15) is 5.75 Å². The Labute approximate surface area is 194 Å². The van der Waals surface area contributed by atoms with E-state index < -0.39 is 0 Å². The fourth-order valence-corrected chi connectivity index (χ4v) is 4.96. The van der Waals surface area contributed by atoms with Gasteiger partial charge in [-0.3, -0.25) is 9.59 Å². The van der Waals surface area contributed by atoms with Crippen molar-refractivity contribution in [3.05, 3.63) is 47.5 Å². The molecule has 33 heavy (non-hydrogen) atoms. The molecule has 1 aliphatic carbocycles. The number of hydrogen-bond donors (Lipinski definition) is 1. The minimum absolute atomic E-state index is 0.188. The highest BCUT2D eigenvalue weighted by Crippen LogP contribution is 2.37. The summed E-state index contributed by atoms with van der Waals surface area (Å²) < 4.78 is 17.5. The van der Waals surface area contributed by atoms with Crippen LogP contribution in [0, 0.1) is 0 Å². The van der Waals surface area contributed by atoms with Gasteiger partial charge in [0, 0.05) is 12.1 Å². The molecule has 0 spiro atoms. The molecule has 2 amide bonds. The van der Waals surface area contributed by atoms with E-state index in [1.54, 1.807) is 43.5 Å². The zero-order valence-corrected chi connectivity index (χ0v) is 19.0. The Bertz CT molecular complexity index is 1040. The zero-order chi connectivity index (χ0) is 22.8. The lowest BCUT2D eigenvalue weighted by molar-refractivity contribution is 0.0926. The molecule has 0 aromatic heterocycles. The molecule has 2 heterocycles. The number of nitrogens with zero attached hydrogens (tertiary/aromatic N) is 1. The van der Waals surface area contributed by atoms with Crippen molar-refractivity contribution in [2.24, 2.45) is 0 Å². The Hall–Kier alpha value is -3.06. The summed E-state index contributed by atoms with van der Waals surface area (Å²) >= 11 is 0. The molecule has 0 radical (unpaired) electrons. The van der Waals surface area contributed by atoms with E-state index in [4.69, 9.17) is 14.2 Å². The number of amides is 2. The lowest BCUT2D eigenvalue weighted by atomic mass is 10.1. The van der Waals surface area contributed by atoms with Gasteiger partial charge >= 0.3 is 0 Å². The molecule has 1 saturated carbocycles. The number of hydrogen-bond acceptors (Lipinski definition) is 6. The van der Waals surface area contributed by atoms with Crippen molar-refractivity contribution in [2.45, 2.75) is 57.1 Å². The van der Waals surface area contributed by atoms with E-state index in [0.29, 0.717) is 46.7 Å². The second-order valence-corrected chi connectivity index (χ2v) is 8.94. The smallest absolute Gasteiger partial charge is 0.266 e. The zero-order valence-electron chi connectivity index (χ0n) is 19.0. The monoisotopic (exact) mass is 450 g/mol. The first-order valence-corrected chi connectivity index (χ1v) is 11.9. The summed E-state index contributed by atoms with van der Waals surface area (Å²) in [7, 11) is 1.56. The van der Waals surface area contributed by atoms with Crippen molar-refractivity contribution in [1.29, 1.82) is 0 Å². The summed E-state index contributed by atoms with van der Waals surface area (Å²) in [6.45, 7) is 1.64. The highest BCUT2D eigenvalue weighted by Gasteiger charge is 2.37. The lowest BCUT2D eigenvalue weighted by Crippen LogP contribution is -2.29. The average Bonchev–Trinajstić information content (AvgIpc) is 3.58. The van der Waals surface area contributed by atoms with Crippen LogP contribution in [0.4, 0.5) is 5.69 Å². The highest BCUT2D eigenvalue weighted by atomic mass is 16.5. The molecule has 1 saturated heterocycles. The maximum absolute atomic E-state index is 13.2. The van der Waals surface area contributed by atoms with E-state index in [2.05, 4.69) is 5.32 Å². The largest absolute Gasteiger partial charge is 0.493 e. The number of methoxy groups -OCH3 is 1. The number of rotatable bonds is 8. The Morgan fingerprint density at radius 1 is 0.939 bits per heavy atom. The first-order valence-electron chi connectivity index (χ1n) is 11.9. The second kappa shape index (κ2) is 9.43. The van der Waals surface area contributed by atoms with E-state index in [1.807, 2.05) is 0 Å². The fraction of sp³-hybridized carbons (Fsp3) is 0.462. The molecule has 2 aromatic carbocycles. The topological polar surface area (TPSA) is 77.1 Å². The van der Waals surface area contributed by atoms with Crippen LogP contribution in [-0.4, -0.2) is 44.2 Å².